The summed E-state index contributed by atoms with van der Waals surface area (Å²) in [5.74, 6) is 1.63. The number of rotatable bonds is 2. The summed E-state index contributed by atoms with van der Waals surface area (Å²) in [6, 6.07) is 0. The molecule has 0 aliphatic carbocycles. The maximum atomic E-state index is 5.61. The Morgan fingerprint density at radius 2 is 2.27 bits per heavy atom. The van der Waals surface area contributed by atoms with Crippen molar-refractivity contribution in [2.75, 3.05) is 24.7 Å². The summed E-state index contributed by atoms with van der Waals surface area (Å²) < 4.78 is 1.96. The van der Waals surface area contributed by atoms with E-state index in [0.717, 1.165) is 12.4 Å². The van der Waals surface area contributed by atoms with Crippen LogP contribution in [0.2, 0.25) is 0 Å². The lowest BCUT2D eigenvalue weighted by Crippen LogP contribution is -2.14. The van der Waals surface area contributed by atoms with Crippen molar-refractivity contribution in [1.82, 2.24) is 9.55 Å². The summed E-state index contributed by atoms with van der Waals surface area (Å²) in [5.41, 5.74) is 5.61. The molecule has 0 aromatic carbocycles. The van der Waals surface area contributed by atoms with Crippen LogP contribution in [0.4, 0.5) is 11.8 Å². The van der Waals surface area contributed by atoms with Crippen LogP contribution in [0.3, 0.4) is 0 Å². The van der Waals surface area contributed by atoms with E-state index >= 15 is 0 Å². The van der Waals surface area contributed by atoms with Gasteiger partial charge in [-0.3, -0.25) is 4.57 Å². The highest BCUT2D eigenvalue weighted by Gasteiger charge is 2.05. The normalized spacial score (nSPS) is 10.1. The molecule has 1 aromatic heterocycles. The van der Waals surface area contributed by atoms with Gasteiger partial charge in [0, 0.05) is 20.6 Å². The molecule has 1 heterocycles. The SMILES string of the molecule is CCn1c(N(C)C)cnc1N. The van der Waals surface area contributed by atoms with Crippen LogP contribution in [0, 0.1) is 0 Å². The van der Waals surface area contributed by atoms with Crippen LogP contribution in [0.25, 0.3) is 0 Å². The highest BCUT2D eigenvalue weighted by Crippen LogP contribution is 2.14. The average Bonchev–Trinajstić information content (AvgIpc) is 2.30. The van der Waals surface area contributed by atoms with Crippen molar-refractivity contribution in [1.29, 1.82) is 0 Å². The third-order valence-corrected chi connectivity index (χ3v) is 1.64. The smallest absolute Gasteiger partial charge is 0.201 e. The lowest BCUT2D eigenvalue weighted by atomic mass is 10.6. The summed E-state index contributed by atoms with van der Waals surface area (Å²) in [4.78, 5) is 6.00. The standard InChI is InChI=1S/C7H14N4/c1-4-11-6(10(2)3)5-9-7(11)8/h5H,4H2,1-3H3,(H2,8,9). The highest BCUT2D eigenvalue weighted by atomic mass is 15.3. The third kappa shape index (κ3) is 1.29. The Hall–Kier alpha value is -1.19. The number of aromatic nitrogens is 2. The van der Waals surface area contributed by atoms with E-state index < -0.39 is 0 Å². The van der Waals surface area contributed by atoms with Gasteiger partial charge in [-0.25, -0.2) is 4.98 Å². The van der Waals surface area contributed by atoms with E-state index in [1.807, 2.05) is 30.5 Å². The van der Waals surface area contributed by atoms with Gasteiger partial charge < -0.3 is 10.6 Å². The minimum Gasteiger partial charge on any atom is -0.369 e. The van der Waals surface area contributed by atoms with Crippen LogP contribution in [0.15, 0.2) is 6.20 Å². The second-order valence-electron chi connectivity index (χ2n) is 2.61. The maximum Gasteiger partial charge on any atom is 0.201 e. The highest BCUT2D eigenvalue weighted by molar-refractivity contribution is 5.42. The molecule has 1 aromatic rings. The summed E-state index contributed by atoms with van der Waals surface area (Å²) in [6.45, 7) is 2.91. The zero-order valence-electron chi connectivity index (χ0n) is 7.20. The molecule has 1 rings (SSSR count). The van der Waals surface area contributed by atoms with E-state index in [-0.39, 0.29) is 0 Å². The van der Waals surface area contributed by atoms with Crippen LogP contribution in [0.1, 0.15) is 6.92 Å². The predicted octanol–water partition coefficient (Wildman–Crippen LogP) is 0.551. The molecule has 62 valence electrons. The maximum absolute atomic E-state index is 5.61. The number of nitrogen functional groups attached to an aromatic ring is 1. The Labute approximate surface area is 66.6 Å². The van der Waals surface area contributed by atoms with Crippen molar-refractivity contribution < 1.29 is 0 Å². The Morgan fingerprint density at radius 1 is 1.64 bits per heavy atom. The number of nitrogens with two attached hydrogens (primary N) is 1. The summed E-state index contributed by atoms with van der Waals surface area (Å²) in [5, 5.41) is 0. The fraction of sp³-hybridized carbons (Fsp3) is 0.571. The Morgan fingerprint density at radius 3 is 2.64 bits per heavy atom. The molecule has 0 unspecified atom stereocenters. The van der Waals surface area contributed by atoms with Gasteiger partial charge in [0.25, 0.3) is 0 Å². The van der Waals surface area contributed by atoms with Gasteiger partial charge in [-0.15, -0.1) is 0 Å². The van der Waals surface area contributed by atoms with Crippen molar-refractivity contribution in [3.05, 3.63) is 6.20 Å². The van der Waals surface area contributed by atoms with Gasteiger partial charge >= 0.3 is 0 Å². The molecular formula is C7H14N4. The third-order valence-electron chi connectivity index (χ3n) is 1.64. The first-order valence-electron chi connectivity index (χ1n) is 3.65. The van der Waals surface area contributed by atoms with E-state index in [0.29, 0.717) is 5.95 Å². The number of imidazole rings is 1. The van der Waals surface area contributed by atoms with Gasteiger partial charge in [0.2, 0.25) is 5.95 Å². The summed E-state index contributed by atoms with van der Waals surface area (Å²) >= 11 is 0. The fourth-order valence-corrected chi connectivity index (χ4v) is 1.06. The molecule has 0 aliphatic rings. The van der Waals surface area contributed by atoms with E-state index in [9.17, 15) is 0 Å². The largest absolute Gasteiger partial charge is 0.369 e. The van der Waals surface area contributed by atoms with Gasteiger partial charge in [-0.1, -0.05) is 0 Å². The lowest BCUT2D eigenvalue weighted by Gasteiger charge is -2.13. The first kappa shape index (κ1) is 7.91. The van der Waals surface area contributed by atoms with Crippen LogP contribution in [-0.2, 0) is 6.54 Å². The molecule has 0 saturated heterocycles. The molecule has 0 bridgehead atoms. The van der Waals surface area contributed by atoms with Gasteiger partial charge in [0.1, 0.15) is 5.82 Å². The average molecular weight is 154 g/mol. The molecule has 0 fully saturated rings. The molecule has 0 atom stereocenters. The van der Waals surface area contributed by atoms with E-state index in [1.54, 1.807) is 6.20 Å². The molecule has 11 heavy (non-hydrogen) atoms. The quantitative estimate of drug-likeness (QED) is 0.676. The first-order valence-corrected chi connectivity index (χ1v) is 3.65. The molecule has 0 spiro atoms. The molecule has 0 amide bonds. The van der Waals surface area contributed by atoms with Crippen molar-refractivity contribution >= 4 is 11.8 Å². The van der Waals surface area contributed by atoms with Crippen molar-refractivity contribution in [3.8, 4) is 0 Å². The molecule has 0 saturated carbocycles. The number of hydrogen-bond donors (Lipinski definition) is 1. The number of nitrogens with zero attached hydrogens (tertiary/aromatic N) is 3. The van der Waals surface area contributed by atoms with Crippen LogP contribution >= 0.6 is 0 Å². The molecule has 0 aliphatic heterocycles. The molecule has 4 nitrogen and oxygen atoms in total. The van der Waals surface area contributed by atoms with Crippen molar-refractivity contribution in [2.45, 2.75) is 13.5 Å². The van der Waals surface area contributed by atoms with Gasteiger partial charge in [-0.2, -0.15) is 0 Å². The van der Waals surface area contributed by atoms with Crippen molar-refractivity contribution in [2.24, 2.45) is 0 Å². The topological polar surface area (TPSA) is 47.1 Å². The number of hydrogen-bond acceptors (Lipinski definition) is 3. The van der Waals surface area contributed by atoms with Crippen LogP contribution in [-0.4, -0.2) is 23.6 Å². The molecule has 2 N–H and O–H groups in total. The minimum atomic E-state index is 0.580. The summed E-state index contributed by atoms with van der Waals surface area (Å²) in [7, 11) is 3.95. The van der Waals surface area contributed by atoms with E-state index in [4.69, 9.17) is 5.73 Å². The first-order chi connectivity index (χ1) is 5.16. The minimum absolute atomic E-state index is 0.580. The van der Waals surface area contributed by atoms with E-state index in [1.165, 1.54) is 0 Å². The second-order valence-corrected chi connectivity index (χ2v) is 2.61. The van der Waals surface area contributed by atoms with Crippen LogP contribution in [0.5, 0.6) is 0 Å². The van der Waals surface area contributed by atoms with Gasteiger partial charge in [0.15, 0.2) is 0 Å². The van der Waals surface area contributed by atoms with Gasteiger partial charge in [-0.05, 0) is 6.92 Å². The second kappa shape index (κ2) is 2.82. The van der Waals surface area contributed by atoms with Crippen LogP contribution < -0.4 is 10.6 Å². The summed E-state index contributed by atoms with van der Waals surface area (Å²) in [6.07, 6.45) is 1.78. The van der Waals surface area contributed by atoms with Gasteiger partial charge in [0.05, 0.1) is 6.20 Å². The lowest BCUT2D eigenvalue weighted by molar-refractivity contribution is 0.762. The Balaban J connectivity index is 3.05. The Kier molecular flexibility index (Phi) is 2.03. The number of anilines is 2. The predicted molar refractivity (Wildman–Crippen MR) is 46.6 cm³/mol. The molecular weight excluding hydrogens is 140 g/mol. The zero-order valence-corrected chi connectivity index (χ0v) is 7.20. The Bertz CT molecular complexity index is 239. The monoisotopic (exact) mass is 154 g/mol. The van der Waals surface area contributed by atoms with E-state index in [2.05, 4.69) is 4.98 Å². The zero-order chi connectivity index (χ0) is 8.43. The molecule has 4 heteroatoms. The van der Waals surface area contributed by atoms with Crippen molar-refractivity contribution in [3.63, 3.8) is 0 Å². The fourth-order valence-electron chi connectivity index (χ4n) is 1.06. The molecule has 0 radical (unpaired) electrons.